The van der Waals surface area contributed by atoms with Crippen molar-refractivity contribution in [3.63, 3.8) is 0 Å². The molecule has 2 rings (SSSR count). The van der Waals surface area contributed by atoms with Crippen LogP contribution in [0.25, 0.3) is 10.9 Å². The molecule has 2 aromatic rings. The number of phenols is 1. The van der Waals surface area contributed by atoms with Crippen molar-refractivity contribution < 1.29 is 5.11 Å². The molecule has 2 heteroatoms. The summed E-state index contributed by atoms with van der Waals surface area (Å²) < 4.78 is 0. The Bertz CT molecular complexity index is 437. The Morgan fingerprint density at radius 3 is 3.00 bits per heavy atom. The average Bonchev–Trinajstić information content (AvgIpc) is 2.18. The third-order valence-corrected chi connectivity index (χ3v) is 2.15. The van der Waals surface area contributed by atoms with Gasteiger partial charge < -0.3 is 5.11 Å². The molecule has 66 valence electrons. The van der Waals surface area contributed by atoms with E-state index in [-0.39, 0.29) is 5.75 Å². The van der Waals surface area contributed by atoms with E-state index in [1.165, 1.54) is 0 Å². The van der Waals surface area contributed by atoms with E-state index in [9.17, 15) is 5.11 Å². The van der Waals surface area contributed by atoms with Crippen LogP contribution in [0.1, 0.15) is 12.5 Å². The van der Waals surface area contributed by atoms with E-state index in [1.807, 2.05) is 12.1 Å². The minimum Gasteiger partial charge on any atom is -0.506 e. The summed E-state index contributed by atoms with van der Waals surface area (Å²) >= 11 is 0. The highest BCUT2D eigenvalue weighted by Gasteiger charge is 2.01. The lowest BCUT2D eigenvalue weighted by molar-refractivity contribution is 0.479. The van der Waals surface area contributed by atoms with E-state index < -0.39 is 0 Å². The zero-order chi connectivity index (χ0) is 9.26. The molecule has 1 heterocycles. The lowest BCUT2D eigenvalue weighted by Gasteiger charge is -2.02. The van der Waals surface area contributed by atoms with Gasteiger partial charge >= 0.3 is 0 Å². The van der Waals surface area contributed by atoms with Crippen LogP contribution in [0, 0.1) is 0 Å². The van der Waals surface area contributed by atoms with Gasteiger partial charge in [-0.25, -0.2) is 0 Å². The Balaban J connectivity index is 2.77. The van der Waals surface area contributed by atoms with Gasteiger partial charge in [-0.05, 0) is 30.2 Å². The molecule has 0 aliphatic rings. The van der Waals surface area contributed by atoms with Crippen molar-refractivity contribution in [3.05, 3.63) is 36.0 Å². The van der Waals surface area contributed by atoms with Gasteiger partial charge in [-0.15, -0.1) is 0 Å². The summed E-state index contributed by atoms with van der Waals surface area (Å²) in [6.07, 6.45) is 2.62. The van der Waals surface area contributed by atoms with E-state index in [0.29, 0.717) is 5.52 Å². The Hall–Kier alpha value is -1.57. The van der Waals surface area contributed by atoms with Gasteiger partial charge in [0, 0.05) is 11.6 Å². The van der Waals surface area contributed by atoms with Crippen LogP contribution in [0.5, 0.6) is 5.75 Å². The number of phenolic OH excluding ortho intramolecular Hbond substituents is 1. The van der Waals surface area contributed by atoms with Crippen molar-refractivity contribution in [3.8, 4) is 5.75 Å². The molecule has 13 heavy (non-hydrogen) atoms. The van der Waals surface area contributed by atoms with Gasteiger partial charge in [0.15, 0.2) is 0 Å². The number of hydrogen-bond donors (Lipinski definition) is 1. The summed E-state index contributed by atoms with van der Waals surface area (Å²) in [4.78, 5) is 4.11. The number of nitrogens with zero attached hydrogens (tertiary/aromatic N) is 1. The van der Waals surface area contributed by atoms with Crippen molar-refractivity contribution in [2.75, 3.05) is 0 Å². The molecular formula is C11H11NO. The fourth-order valence-electron chi connectivity index (χ4n) is 1.44. The molecule has 1 N–H and O–H groups in total. The lowest BCUT2D eigenvalue weighted by atomic mass is 10.1. The lowest BCUT2D eigenvalue weighted by Crippen LogP contribution is -1.83. The Morgan fingerprint density at radius 1 is 1.38 bits per heavy atom. The zero-order valence-corrected chi connectivity index (χ0v) is 7.49. The van der Waals surface area contributed by atoms with Gasteiger partial charge in [-0.3, -0.25) is 4.98 Å². The zero-order valence-electron chi connectivity index (χ0n) is 7.49. The highest BCUT2D eigenvalue weighted by Crippen LogP contribution is 2.24. The third kappa shape index (κ3) is 1.35. The quantitative estimate of drug-likeness (QED) is 0.718. The minimum atomic E-state index is 0.273. The van der Waals surface area contributed by atoms with Crippen LogP contribution >= 0.6 is 0 Å². The van der Waals surface area contributed by atoms with E-state index in [1.54, 1.807) is 12.3 Å². The maximum Gasteiger partial charge on any atom is 0.142 e. The van der Waals surface area contributed by atoms with Crippen LogP contribution in [0.15, 0.2) is 30.5 Å². The van der Waals surface area contributed by atoms with Gasteiger partial charge in [0.1, 0.15) is 11.3 Å². The monoisotopic (exact) mass is 173 g/mol. The van der Waals surface area contributed by atoms with Gasteiger partial charge in [-0.2, -0.15) is 0 Å². The van der Waals surface area contributed by atoms with Gasteiger partial charge in [-0.1, -0.05) is 13.0 Å². The van der Waals surface area contributed by atoms with Crippen LogP contribution in [-0.2, 0) is 6.42 Å². The number of aromatic hydroxyl groups is 1. The van der Waals surface area contributed by atoms with Gasteiger partial charge in [0.05, 0.1) is 0 Å². The molecule has 0 aliphatic heterocycles. The minimum absolute atomic E-state index is 0.273. The maximum absolute atomic E-state index is 9.62. The maximum atomic E-state index is 9.62. The molecule has 1 aromatic heterocycles. The molecule has 0 aliphatic carbocycles. The predicted molar refractivity (Wildman–Crippen MR) is 52.8 cm³/mol. The van der Waals surface area contributed by atoms with E-state index in [2.05, 4.69) is 18.0 Å². The summed E-state index contributed by atoms with van der Waals surface area (Å²) in [7, 11) is 0. The fraction of sp³-hybridized carbons (Fsp3) is 0.182. The van der Waals surface area contributed by atoms with Crippen molar-refractivity contribution >= 4 is 10.9 Å². The number of aromatic nitrogens is 1. The molecule has 0 unspecified atom stereocenters. The number of rotatable bonds is 1. The van der Waals surface area contributed by atoms with Crippen LogP contribution in [-0.4, -0.2) is 10.1 Å². The smallest absolute Gasteiger partial charge is 0.142 e. The number of hydrogen-bond acceptors (Lipinski definition) is 2. The topological polar surface area (TPSA) is 33.1 Å². The molecule has 0 fully saturated rings. The van der Waals surface area contributed by atoms with Crippen molar-refractivity contribution in [2.45, 2.75) is 13.3 Å². The van der Waals surface area contributed by atoms with Gasteiger partial charge in [0.2, 0.25) is 0 Å². The van der Waals surface area contributed by atoms with Crippen LogP contribution < -0.4 is 0 Å². The summed E-state index contributed by atoms with van der Waals surface area (Å²) in [5, 5.41) is 10.6. The SMILES string of the molecule is CCc1cc(O)c2ncccc2c1. The fourth-order valence-corrected chi connectivity index (χ4v) is 1.44. The average molecular weight is 173 g/mol. The predicted octanol–water partition coefficient (Wildman–Crippen LogP) is 2.50. The number of aryl methyl sites for hydroxylation is 1. The third-order valence-electron chi connectivity index (χ3n) is 2.15. The van der Waals surface area contributed by atoms with Crippen LogP contribution in [0.3, 0.4) is 0 Å². The second-order valence-corrected chi connectivity index (χ2v) is 3.04. The number of fused-ring (bicyclic) bond motifs is 1. The Morgan fingerprint density at radius 2 is 2.23 bits per heavy atom. The van der Waals surface area contributed by atoms with E-state index >= 15 is 0 Å². The van der Waals surface area contributed by atoms with Crippen molar-refractivity contribution in [1.29, 1.82) is 0 Å². The second-order valence-electron chi connectivity index (χ2n) is 3.04. The summed E-state index contributed by atoms with van der Waals surface area (Å²) in [5.41, 5.74) is 1.82. The molecule has 2 nitrogen and oxygen atoms in total. The first-order valence-electron chi connectivity index (χ1n) is 4.38. The summed E-state index contributed by atoms with van der Waals surface area (Å²) in [5.74, 6) is 0.273. The number of benzene rings is 1. The highest BCUT2D eigenvalue weighted by atomic mass is 16.3. The first kappa shape index (κ1) is 8.05. The molecule has 0 amide bonds. The Kier molecular flexibility index (Phi) is 1.89. The molecule has 0 atom stereocenters. The van der Waals surface area contributed by atoms with E-state index in [4.69, 9.17) is 0 Å². The summed E-state index contributed by atoms with van der Waals surface area (Å²) in [6, 6.07) is 7.67. The molecule has 0 saturated heterocycles. The van der Waals surface area contributed by atoms with Crippen LogP contribution in [0.4, 0.5) is 0 Å². The summed E-state index contributed by atoms with van der Waals surface area (Å²) in [6.45, 7) is 2.07. The van der Waals surface area contributed by atoms with E-state index in [0.717, 1.165) is 17.4 Å². The first-order valence-corrected chi connectivity index (χ1v) is 4.38. The highest BCUT2D eigenvalue weighted by molar-refractivity contribution is 5.84. The molecule has 0 saturated carbocycles. The van der Waals surface area contributed by atoms with Crippen molar-refractivity contribution in [2.24, 2.45) is 0 Å². The Labute approximate surface area is 76.9 Å². The largest absolute Gasteiger partial charge is 0.506 e. The van der Waals surface area contributed by atoms with Gasteiger partial charge in [0.25, 0.3) is 0 Å². The van der Waals surface area contributed by atoms with Crippen molar-refractivity contribution in [1.82, 2.24) is 4.98 Å². The normalized spacial score (nSPS) is 10.5. The molecule has 1 aromatic carbocycles. The number of pyridine rings is 1. The molecule has 0 spiro atoms. The standard InChI is InChI=1S/C11H11NO/c1-2-8-6-9-4-3-5-12-11(9)10(13)7-8/h3-7,13H,2H2,1H3. The van der Waals surface area contributed by atoms with Crippen LogP contribution in [0.2, 0.25) is 0 Å². The second kappa shape index (κ2) is 3.05. The molecule has 0 radical (unpaired) electrons. The molecule has 0 bridgehead atoms. The first-order chi connectivity index (χ1) is 6.31. The molecular weight excluding hydrogens is 162 g/mol.